The fourth-order valence-corrected chi connectivity index (χ4v) is 1.58. The molecule has 0 radical (unpaired) electrons. The highest BCUT2D eigenvalue weighted by atomic mass is 19.1. The van der Waals surface area contributed by atoms with E-state index in [-0.39, 0.29) is 30.9 Å². The van der Waals surface area contributed by atoms with Gasteiger partial charge in [-0.2, -0.15) is 0 Å². The van der Waals surface area contributed by atoms with Gasteiger partial charge in [-0.1, -0.05) is 11.8 Å². The van der Waals surface area contributed by atoms with Gasteiger partial charge in [-0.05, 0) is 25.1 Å². The molecule has 21 heavy (non-hydrogen) atoms. The molecule has 6 heteroatoms. The van der Waals surface area contributed by atoms with E-state index in [4.69, 9.17) is 9.84 Å². The quantitative estimate of drug-likeness (QED) is 0.659. The maximum atomic E-state index is 13.7. The molecule has 0 unspecified atom stereocenters. The average molecular weight is 293 g/mol. The molecule has 0 aliphatic carbocycles. The van der Waals surface area contributed by atoms with E-state index in [0.717, 1.165) is 11.0 Å². The molecule has 0 heterocycles. The van der Waals surface area contributed by atoms with E-state index in [9.17, 15) is 14.0 Å². The molecule has 1 N–H and O–H groups in total. The molecular weight excluding hydrogens is 277 g/mol. The first-order chi connectivity index (χ1) is 9.99. The first-order valence-corrected chi connectivity index (χ1v) is 6.30. The number of rotatable bonds is 4. The first kappa shape index (κ1) is 16.7. The van der Waals surface area contributed by atoms with Crippen LogP contribution < -0.4 is 0 Å². The highest BCUT2D eigenvalue weighted by Crippen LogP contribution is 2.11. The molecule has 0 aliphatic rings. The number of nitrogens with zero attached hydrogens (tertiary/aromatic N) is 1. The van der Waals surface area contributed by atoms with E-state index >= 15 is 0 Å². The minimum absolute atomic E-state index is 0.0913. The van der Waals surface area contributed by atoms with Crippen LogP contribution in [0.2, 0.25) is 0 Å². The lowest BCUT2D eigenvalue weighted by molar-refractivity contribution is -0.143. The van der Waals surface area contributed by atoms with E-state index in [0.29, 0.717) is 0 Å². The van der Waals surface area contributed by atoms with E-state index in [1.165, 1.54) is 19.2 Å². The Kier molecular flexibility index (Phi) is 6.37. The Hall–Kier alpha value is -2.39. The summed E-state index contributed by atoms with van der Waals surface area (Å²) < 4.78 is 18.5. The number of amides is 1. The number of ether oxygens (including phenoxy) is 1. The van der Waals surface area contributed by atoms with E-state index in [1.807, 2.05) is 0 Å². The van der Waals surface area contributed by atoms with Gasteiger partial charge in [0.1, 0.15) is 19.0 Å². The van der Waals surface area contributed by atoms with Crippen LogP contribution in [0.15, 0.2) is 18.2 Å². The number of likely N-dealkylation sites (N-methyl/N-ethyl adjacent to an activating group) is 1. The zero-order valence-electron chi connectivity index (χ0n) is 11.9. The molecule has 0 saturated heterocycles. The van der Waals surface area contributed by atoms with Crippen molar-refractivity contribution in [1.29, 1.82) is 0 Å². The van der Waals surface area contributed by atoms with Gasteiger partial charge in [-0.3, -0.25) is 9.59 Å². The van der Waals surface area contributed by atoms with Crippen LogP contribution in [0.4, 0.5) is 4.39 Å². The summed E-state index contributed by atoms with van der Waals surface area (Å²) in [6.07, 6.45) is 0. The molecule has 1 rings (SSSR count). The second kappa shape index (κ2) is 8.02. The maximum absolute atomic E-state index is 13.7. The predicted molar refractivity (Wildman–Crippen MR) is 74.0 cm³/mol. The van der Waals surface area contributed by atoms with Crippen molar-refractivity contribution in [1.82, 2.24) is 4.90 Å². The first-order valence-electron chi connectivity index (χ1n) is 6.30. The van der Waals surface area contributed by atoms with Gasteiger partial charge in [0.05, 0.1) is 12.2 Å². The summed E-state index contributed by atoms with van der Waals surface area (Å²) >= 11 is 0. The lowest BCUT2D eigenvalue weighted by Gasteiger charge is -2.16. The topological polar surface area (TPSA) is 66.8 Å². The summed E-state index contributed by atoms with van der Waals surface area (Å²) in [7, 11) is 1.43. The largest absolute Gasteiger partial charge is 0.465 e. The number of benzene rings is 1. The van der Waals surface area contributed by atoms with Gasteiger partial charge in [-0.15, -0.1) is 0 Å². The lowest BCUT2D eigenvalue weighted by Crippen LogP contribution is -2.33. The summed E-state index contributed by atoms with van der Waals surface area (Å²) in [6.45, 7) is 1.32. The molecular formula is C15H16FNO4. The van der Waals surface area contributed by atoms with E-state index in [2.05, 4.69) is 11.8 Å². The van der Waals surface area contributed by atoms with Crippen LogP contribution in [0.25, 0.3) is 0 Å². The monoisotopic (exact) mass is 293 g/mol. The molecule has 5 nitrogen and oxygen atoms in total. The van der Waals surface area contributed by atoms with Crippen LogP contribution in [0.5, 0.6) is 0 Å². The van der Waals surface area contributed by atoms with Crippen molar-refractivity contribution in [2.75, 3.05) is 26.8 Å². The van der Waals surface area contributed by atoms with Crippen LogP contribution in [0.3, 0.4) is 0 Å². The number of carbonyl (C=O) groups is 2. The Balaban J connectivity index is 2.83. The van der Waals surface area contributed by atoms with Crippen molar-refractivity contribution in [3.05, 3.63) is 35.1 Å². The highest BCUT2D eigenvalue weighted by Gasteiger charge is 2.16. The van der Waals surface area contributed by atoms with E-state index < -0.39 is 17.7 Å². The smallest absolute Gasteiger partial charge is 0.325 e. The Bertz CT molecular complexity index is 589. The molecule has 0 aromatic heterocycles. The molecule has 0 aliphatic heterocycles. The fourth-order valence-electron chi connectivity index (χ4n) is 1.58. The van der Waals surface area contributed by atoms with Gasteiger partial charge in [0.2, 0.25) is 0 Å². The zero-order valence-corrected chi connectivity index (χ0v) is 11.9. The molecule has 0 atom stereocenters. The molecule has 1 aromatic carbocycles. The highest BCUT2D eigenvalue weighted by molar-refractivity contribution is 5.95. The van der Waals surface area contributed by atoms with Gasteiger partial charge in [0.25, 0.3) is 5.91 Å². The van der Waals surface area contributed by atoms with Crippen LogP contribution in [0.1, 0.15) is 22.8 Å². The third kappa shape index (κ3) is 4.89. The normalized spacial score (nSPS) is 9.52. The van der Waals surface area contributed by atoms with Gasteiger partial charge < -0.3 is 14.7 Å². The van der Waals surface area contributed by atoms with E-state index in [1.54, 1.807) is 6.92 Å². The number of aliphatic hydroxyl groups excluding tert-OH is 1. The summed E-state index contributed by atoms with van der Waals surface area (Å²) in [6, 6.07) is 3.81. The van der Waals surface area contributed by atoms with Gasteiger partial charge in [0.15, 0.2) is 0 Å². The maximum Gasteiger partial charge on any atom is 0.325 e. The number of hydrogen-bond donors (Lipinski definition) is 1. The van der Waals surface area contributed by atoms with Gasteiger partial charge in [-0.25, -0.2) is 4.39 Å². The van der Waals surface area contributed by atoms with Gasteiger partial charge >= 0.3 is 5.97 Å². The van der Waals surface area contributed by atoms with Crippen molar-refractivity contribution in [3.8, 4) is 11.8 Å². The third-order valence-corrected chi connectivity index (χ3v) is 2.54. The minimum Gasteiger partial charge on any atom is -0.465 e. The van der Waals surface area contributed by atoms with Crippen molar-refractivity contribution in [2.24, 2.45) is 0 Å². The Morgan fingerprint density at radius 2 is 2.14 bits per heavy atom. The Labute approximate surface area is 122 Å². The zero-order chi connectivity index (χ0) is 15.8. The molecule has 112 valence electrons. The molecule has 1 aromatic rings. The lowest BCUT2D eigenvalue weighted by atomic mass is 10.1. The second-order valence-corrected chi connectivity index (χ2v) is 4.12. The molecule has 0 fully saturated rings. The standard InChI is InChI=1S/C15H16FNO4/c1-3-21-14(19)10-17(2)15(20)12-7-6-11(5-4-8-18)13(16)9-12/h6-7,9,18H,3,8,10H2,1-2H3. The van der Waals surface area contributed by atoms with Gasteiger partial charge in [0, 0.05) is 12.6 Å². The molecule has 0 saturated carbocycles. The van der Waals surface area contributed by atoms with Crippen molar-refractivity contribution < 1.29 is 23.8 Å². The summed E-state index contributed by atoms with van der Waals surface area (Å²) in [4.78, 5) is 24.5. The summed E-state index contributed by atoms with van der Waals surface area (Å²) in [5.41, 5.74) is 0.197. The SMILES string of the molecule is CCOC(=O)CN(C)C(=O)c1ccc(C#CCO)c(F)c1. The summed E-state index contributed by atoms with van der Waals surface area (Å²) in [5, 5.41) is 8.56. The number of halogens is 1. The fraction of sp³-hybridized carbons (Fsp3) is 0.333. The van der Waals surface area contributed by atoms with Crippen molar-refractivity contribution >= 4 is 11.9 Å². The second-order valence-electron chi connectivity index (χ2n) is 4.12. The molecule has 0 bridgehead atoms. The molecule has 0 spiro atoms. The van der Waals surface area contributed by atoms with Crippen LogP contribution >= 0.6 is 0 Å². The van der Waals surface area contributed by atoms with Crippen LogP contribution in [-0.2, 0) is 9.53 Å². The van der Waals surface area contributed by atoms with Crippen LogP contribution in [0, 0.1) is 17.7 Å². The Morgan fingerprint density at radius 1 is 1.43 bits per heavy atom. The number of carbonyl (C=O) groups excluding carboxylic acids is 2. The third-order valence-electron chi connectivity index (χ3n) is 2.54. The number of esters is 1. The van der Waals surface area contributed by atoms with Crippen LogP contribution in [-0.4, -0.2) is 48.7 Å². The summed E-state index contributed by atoms with van der Waals surface area (Å²) in [5.74, 6) is 3.07. The van der Waals surface area contributed by atoms with Crippen molar-refractivity contribution in [3.63, 3.8) is 0 Å². The molecule has 1 amide bonds. The average Bonchev–Trinajstić information content (AvgIpc) is 2.45. The number of aliphatic hydroxyl groups is 1. The number of hydrogen-bond acceptors (Lipinski definition) is 4. The predicted octanol–water partition coefficient (Wildman–Crippen LogP) is 0.805. The van der Waals surface area contributed by atoms with Crippen molar-refractivity contribution in [2.45, 2.75) is 6.92 Å². The minimum atomic E-state index is -0.661. The Morgan fingerprint density at radius 3 is 2.71 bits per heavy atom.